The lowest BCUT2D eigenvalue weighted by molar-refractivity contribution is -0.114. The number of nitrogens with zero attached hydrogens (tertiary/aromatic N) is 1. The average Bonchev–Trinajstić information content (AvgIpc) is 2.48. The molecule has 3 heteroatoms. The number of fused-ring (bicyclic) bond motifs is 1. The predicted molar refractivity (Wildman–Crippen MR) is 82.5 cm³/mol. The minimum atomic E-state index is -0.0359. The molecule has 0 aliphatic heterocycles. The van der Waals surface area contributed by atoms with E-state index in [0.29, 0.717) is 0 Å². The van der Waals surface area contributed by atoms with Crippen molar-refractivity contribution in [2.24, 2.45) is 0 Å². The molecule has 1 N–H and O–H groups in total. The van der Waals surface area contributed by atoms with Crippen molar-refractivity contribution in [1.29, 1.82) is 0 Å². The van der Waals surface area contributed by atoms with Crippen LogP contribution in [-0.4, -0.2) is 10.9 Å². The number of rotatable bonds is 1. The summed E-state index contributed by atoms with van der Waals surface area (Å²) in [4.78, 5) is 14.7. The predicted octanol–water partition coefficient (Wildman–Crippen LogP) is 3.88. The van der Waals surface area contributed by atoms with Crippen molar-refractivity contribution in [2.45, 2.75) is 6.92 Å². The number of pyridine rings is 1. The van der Waals surface area contributed by atoms with Gasteiger partial charge in [0.15, 0.2) is 0 Å². The maximum atomic E-state index is 10.5. The minimum absolute atomic E-state index is 0.0359. The van der Waals surface area contributed by atoms with Gasteiger partial charge in [0.2, 0.25) is 5.91 Å². The lowest BCUT2D eigenvalue weighted by atomic mass is 10.2. The van der Waals surface area contributed by atoms with Crippen LogP contribution in [0.3, 0.4) is 0 Å². The van der Waals surface area contributed by atoms with Crippen LogP contribution in [0.5, 0.6) is 0 Å². The Kier molecular flexibility index (Phi) is 4.84. The largest absolute Gasteiger partial charge is 0.326 e. The summed E-state index contributed by atoms with van der Waals surface area (Å²) < 4.78 is 0. The molecule has 0 atom stereocenters. The first-order chi connectivity index (χ1) is 9.75. The van der Waals surface area contributed by atoms with Gasteiger partial charge in [0.1, 0.15) is 0 Å². The van der Waals surface area contributed by atoms with Crippen LogP contribution in [0, 0.1) is 0 Å². The van der Waals surface area contributed by atoms with Crippen LogP contribution in [-0.2, 0) is 4.79 Å². The molecule has 100 valence electrons. The van der Waals surface area contributed by atoms with E-state index in [4.69, 9.17) is 0 Å². The van der Waals surface area contributed by atoms with Crippen LogP contribution in [0.1, 0.15) is 6.92 Å². The number of nitrogens with one attached hydrogen (secondary N) is 1. The molecular formula is C17H16N2O. The van der Waals surface area contributed by atoms with Gasteiger partial charge < -0.3 is 5.32 Å². The van der Waals surface area contributed by atoms with E-state index in [9.17, 15) is 4.79 Å². The molecule has 3 rings (SSSR count). The molecule has 1 aromatic heterocycles. The normalized spacial score (nSPS) is 9.45. The summed E-state index contributed by atoms with van der Waals surface area (Å²) in [5, 5.41) is 3.86. The monoisotopic (exact) mass is 264 g/mol. The minimum Gasteiger partial charge on any atom is -0.326 e. The second-order valence-corrected chi connectivity index (χ2v) is 4.24. The fourth-order valence-corrected chi connectivity index (χ4v) is 1.74. The quantitative estimate of drug-likeness (QED) is 0.724. The summed E-state index contributed by atoms with van der Waals surface area (Å²) in [7, 11) is 0. The molecule has 1 heterocycles. The number of benzene rings is 2. The fourth-order valence-electron chi connectivity index (χ4n) is 1.74. The third-order valence-electron chi connectivity index (χ3n) is 2.61. The zero-order chi connectivity index (χ0) is 14.2. The summed E-state index contributed by atoms with van der Waals surface area (Å²) in [6, 6.07) is 21.5. The Morgan fingerprint density at radius 1 is 0.900 bits per heavy atom. The van der Waals surface area contributed by atoms with Crippen molar-refractivity contribution in [3.63, 3.8) is 0 Å². The van der Waals surface area contributed by atoms with E-state index < -0.39 is 0 Å². The van der Waals surface area contributed by atoms with E-state index in [2.05, 4.69) is 22.4 Å². The molecule has 0 saturated heterocycles. The first kappa shape index (κ1) is 13.7. The highest BCUT2D eigenvalue weighted by atomic mass is 16.1. The Morgan fingerprint density at radius 2 is 1.55 bits per heavy atom. The van der Waals surface area contributed by atoms with Gasteiger partial charge in [-0.15, -0.1) is 0 Å². The molecule has 3 nitrogen and oxygen atoms in total. The zero-order valence-corrected chi connectivity index (χ0v) is 11.3. The average molecular weight is 264 g/mol. The van der Waals surface area contributed by atoms with Gasteiger partial charge in [0, 0.05) is 24.2 Å². The highest BCUT2D eigenvalue weighted by molar-refractivity contribution is 5.88. The molecule has 0 unspecified atom stereocenters. The van der Waals surface area contributed by atoms with Gasteiger partial charge in [-0.3, -0.25) is 9.78 Å². The molecule has 0 spiro atoms. The number of para-hydroxylation sites is 2. The van der Waals surface area contributed by atoms with Crippen molar-refractivity contribution in [1.82, 2.24) is 4.98 Å². The van der Waals surface area contributed by atoms with E-state index in [1.807, 2.05) is 60.8 Å². The number of hydrogen-bond donors (Lipinski definition) is 1. The molecule has 0 aliphatic carbocycles. The summed E-state index contributed by atoms with van der Waals surface area (Å²) in [6.45, 7) is 1.49. The molecule has 0 radical (unpaired) electrons. The van der Waals surface area contributed by atoms with Gasteiger partial charge >= 0.3 is 0 Å². The van der Waals surface area contributed by atoms with Gasteiger partial charge in [-0.25, -0.2) is 0 Å². The van der Waals surface area contributed by atoms with E-state index in [-0.39, 0.29) is 5.91 Å². The summed E-state index contributed by atoms with van der Waals surface area (Å²) in [6.07, 6.45) is 1.81. The Bertz CT molecular complexity index is 615. The highest BCUT2D eigenvalue weighted by Gasteiger charge is 1.90. The van der Waals surface area contributed by atoms with E-state index in [1.54, 1.807) is 0 Å². The third kappa shape index (κ3) is 4.21. The van der Waals surface area contributed by atoms with Crippen LogP contribution < -0.4 is 5.32 Å². The van der Waals surface area contributed by atoms with Crippen molar-refractivity contribution in [2.75, 3.05) is 5.32 Å². The number of hydrogen-bond acceptors (Lipinski definition) is 2. The summed E-state index contributed by atoms with van der Waals surface area (Å²) in [5.74, 6) is -0.0359. The van der Waals surface area contributed by atoms with Gasteiger partial charge in [-0.1, -0.05) is 42.5 Å². The van der Waals surface area contributed by atoms with Crippen LogP contribution in [0.4, 0.5) is 5.69 Å². The van der Waals surface area contributed by atoms with Crippen molar-refractivity contribution < 1.29 is 4.79 Å². The van der Waals surface area contributed by atoms with Crippen molar-refractivity contribution >= 4 is 22.5 Å². The molecule has 2 aromatic carbocycles. The molecule has 1 amide bonds. The first-order valence-electron chi connectivity index (χ1n) is 6.38. The van der Waals surface area contributed by atoms with Gasteiger partial charge in [0.25, 0.3) is 0 Å². The number of anilines is 1. The molecule has 0 saturated carbocycles. The van der Waals surface area contributed by atoms with Crippen LogP contribution in [0.2, 0.25) is 0 Å². The molecule has 3 aromatic rings. The SMILES string of the molecule is CC(=O)Nc1ccccc1.c1ccc2ncccc2c1. The molecule has 0 bridgehead atoms. The van der Waals surface area contributed by atoms with Crippen LogP contribution >= 0.6 is 0 Å². The Morgan fingerprint density at radius 3 is 2.25 bits per heavy atom. The van der Waals surface area contributed by atoms with Gasteiger partial charge in [-0.05, 0) is 24.3 Å². The smallest absolute Gasteiger partial charge is 0.221 e. The topological polar surface area (TPSA) is 42.0 Å². The summed E-state index contributed by atoms with van der Waals surface area (Å²) >= 11 is 0. The number of aromatic nitrogens is 1. The Labute approximate surface area is 118 Å². The third-order valence-corrected chi connectivity index (χ3v) is 2.61. The van der Waals surface area contributed by atoms with Gasteiger partial charge in [-0.2, -0.15) is 0 Å². The van der Waals surface area contributed by atoms with Crippen molar-refractivity contribution in [3.05, 3.63) is 72.9 Å². The molecule has 20 heavy (non-hydrogen) atoms. The number of amides is 1. The lowest BCUT2D eigenvalue weighted by Gasteiger charge is -1.98. The van der Waals surface area contributed by atoms with Crippen LogP contribution in [0.25, 0.3) is 10.9 Å². The molecule has 0 fully saturated rings. The highest BCUT2D eigenvalue weighted by Crippen LogP contribution is 2.08. The van der Waals surface area contributed by atoms with Crippen molar-refractivity contribution in [3.8, 4) is 0 Å². The Balaban J connectivity index is 0.000000147. The molecule has 0 aliphatic rings. The lowest BCUT2D eigenvalue weighted by Crippen LogP contribution is -2.04. The van der Waals surface area contributed by atoms with E-state index in [0.717, 1.165) is 11.2 Å². The van der Waals surface area contributed by atoms with Crippen LogP contribution in [0.15, 0.2) is 72.9 Å². The first-order valence-corrected chi connectivity index (χ1v) is 6.38. The molecular weight excluding hydrogens is 248 g/mol. The van der Waals surface area contributed by atoms with E-state index >= 15 is 0 Å². The van der Waals surface area contributed by atoms with E-state index in [1.165, 1.54) is 12.3 Å². The zero-order valence-electron chi connectivity index (χ0n) is 11.3. The number of carbonyl (C=O) groups excluding carboxylic acids is 1. The fraction of sp³-hybridized carbons (Fsp3) is 0.0588. The maximum Gasteiger partial charge on any atom is 0.221 e. The second kappa shape index (κ2) is 7.04. The standard InChI is InChI=1S/C9H7N.C8H9NO/c1-2-6-9-8(4-1)5-3-7-10-9;1-7(10)9-8-5-3-2-4-6-8/h1-7H;2-6H,1H3,(H,9,10). The maximum absolute atomic E-state index is 10.5. The Hall–Kier alpha value is -2.68. The summed E-state index contributed by atoms with van der Waals surface area (Å²) in [5.41, 5.74) is 1.90. The second-order valence-electron chi connectivity index (χ2n) is 4.24. The van der Waals surface area contributed by atoms with Gasteiger partial charge in [0.05, 0.1) is 5.52 Å². The number of carbonyl (C=O) groups is 1.